The van der Waals surface area contributed by atoms with Crippen LogP contribution in [0.1, 0.15) is 29.6 Å². The van der Waals surface area contributed by atoms with Crippen molar-refractivity contribution in [3.63, 3.8) is 0 Å². The second-order valence-corrected chi connectivity index (χ2v) is 6.78. The molecule has 1 aliphatic rings. The Morgan fingerprint density at radius 3 is 3.11 bits per heavy atom. The summed E-state index contributed by atoms with van der Waals surface area (Å²) in [5, 5.41) is 14.0. The van der Waals surface area contributed by atoms with E-state index in [9.17, 15) is 9.70 Å². The molecule has 0 amide bonds. The van der Waals surface area contributed by atoms with Crippen molar-refractivity contribution in [2.24, 2.45) is 5.18 Å². The fourth-order valence-electron chi connectivity index (χ4n) is 2.59. The number of hydrogen-bond acceptors (Lipinski definition) is 9. The number of nitroso groups, excluding NO2 is 1. The number of rotatable bonds is 8. The summed E-state index contributed by atoms with van der Waals surface area (Å²) in [5.74, 6) is -0.559. The Balaban J connectivity index is 1.67. The highest BCUT2D eigenvalue weighted by molar-refractivity contribution is 7.99. The van der Waals surface area contributed by atoms with E-state index in [0.29, 0.717) is 23.2 Å². The van der Waals surface area contributed by atoms with E-state index in [-0.39, 0.29) is 17.5 Å². The quantitative estimate of drug-likeness (QED) is 0.410. The Morgan fingerprint density at radius 1 is 1.48 bits per heavy atom. The molecule has 11 heteroatoms. The maximum atomic E-state index is 12.0. The van der Waals surface area contributed by atoms with Crippen molar-refractivity contribution in [1.82, 2.24) is 15.5 Å². The van der Waals surface area contributed by atoms with Crippen molar-refractivity contribution in [2.75, 3.05) is 20.3 Å². The summed E-state index contributed by atoms with van der Waals surface area (Å²) in [5.41, 5.74) is 0.384. The average molecular weight is 394 g/mol. The van der Waals surface area contributed by atoms with Gasteiger partial charge in [-0.05, 0) is 54.4 Å². The molecule has 0 aliphatic carbocycles. The van der Waals surface area contributed by atoms with E-state index < -0.39 is 5.97 Å². The topological polar surface area (TPSA) is 120 Å². The highest BCUT2D eigenvalue weighted by atomic mass is 32.2. The van der Waals surface area contributed by atoms with Crippen LogP contribution in [0.3, 0.4) is 0 Å². The highest BCUT2D eigenvalue weighted by Crippen LogP contribution is 2.30. The van der Waals surface area contributed by atoms with Crippen molar-refractivity contribution in [2.45, 2.75) is 42.1 Å². The molecule has 1 aromatic heterocycles. The maximum absolute atomic E-state index is 12.0. The summed E-state index contributed by atoms with van der Waals surface area (Å²) in [4.78, 5) is 23.3. The zero-order chi connectivity index (χ0) is 19.1. The number of H-pyrrole nitrogens is 1. The summed E-state index contributed by atoms with van der Waals surface area (Å²) in [7, 11) is 1.28. The van der Waals surface area contributed by atoms with E-state index in [0.717, 1.165) is 25.9 Å². The van der Waals surface area contributed by atoms with Crippen LogP contribution in [0.15, 0.2) is 33.4 Å². The van der Waals surface area contributed by atoms with Crippen LogP contribution in [0.2, 0.25) is 0 Å². The van der Waals surface area contributed by atoms with E-state index in [4.69, 9.17) is 14.2 Å². The zero-order valence-corrected chi connectivity index (χ0v) is 15.6. The number of esters is 1. The molecule has 27 heavy (non-hydrogen) atoms. The third-order valence-electron chi connectivity index (χ3n) is 3.96. The molecule has 1 aliphatic heterocycles. The van der Waals surface area contributed by atoms with Crippen molar-refractivity contribution in [3.8, 4) is 0 Å². The van der Waals surface area contributed by atoms with E-state index in [1.807, 2.05) is 0 Å². The maximum Gasteiger partial charge on any atom is 0.364 e. The van der Waals surface area contributed by atoms with Gasteiger partial charge in [0.25, 0.3) is 0 Å². The fourth-order valence-corrected chi connectivity index (χ4v) is 3.50. The Kier molecular flexibility index (Phi) is 6.85. The minimum Gasteiger partial charge on any atom is -0.465 e. The highest BCUT2D eigenvalue weighted by Gasteiger charge is 2.22. The van der Waals surface area contributed by atoms with Crippen molar-refractivity contribution < 1.29 is 23.7 Å². The Hall–Kier alpha value is -2.37. The number of methoxy groups -OCH3 is 1. The molecule has 1 fully saturated rings. The van der Waals surface area contributed by atoms with Crippen LogP contribution in [0.25, 0.3) is 0 Å². The van der Waals surface area contributed by atoms with Gasteiger partial charge in [0, 0.05) is 11.5 Å². The minimum absolute atomic E-state index is 0.147. The molecule has 2 aromatic rings. The number of carbonyl (C=O) groups is 1. The van der Waals surface area contributed by atoms with Gasteiger partial charge in [0.2, 0.25) is 0 Å². The van der Waals surface area contributed by atoms with Crippen molar-refractivity contribution >= 4 is 23.4 Å². The first-order valence-corrected chi connectivity index (χ1v) is 9.30. The van der Waals surface area contributed by atoms with Gasteiger partial charge in [-0.15, -0.1) is 4.91 Å². The Labute approximate surface area is 159 Å². The van der Waals surface area contributed by atoms with Crippen LogP contribution in [0, 0.1) is 4.91 Å². The minimum atomic E-state index is -0.559. The van der Waals surface area contributed by atoms with Gasteiger partial charge in [0.15, 0.2) is 11.5 Å². The fraction of sp³-hybridized carbons (Fsp3) is 0.500. The number of benzene rings is 1. The number of carbonyl (C=O) groups excluding carboxylic acids is 1. The lowest BCUT2D eigenvalue weighted by Crippen LogP contribution is -2.41. The summed E-state index contributed by atoms with van der Waals surface area (Å²) in [6.07, 6.45) is 2.90. The van der Waals surface area contributed by atoms with Gasteiger partial charge in [0.05, 0.1) is 19.3 Å². The van der Waals surface area contributed by atoms with Gasteiger partial charge in [-0.3, -0.25) is 0 Å². The number of hydrogen-bond donors (Lipinski definition) is 1. The predicted octanol–water partition coefficient (Wildman–Crippen LogP) is 1.97. The lowest BCUT2D eigenvalue weighted by atomic mass is 10.2. The van der Waals surface area contributed by atoms with E-state index in [1.165, 1.54) is 31.0 Å². The van der Waals surface area contributed by atoms with Crippen LogP contribution < -0.4 is 4.68 Å². The first kappa shape index (κ1) is 19.4. The molecule has 10 nitrogen and oxygen atoms in total. The number of aromatic nitrogens is 4. The number of nitrogens with one attached hydrogen (secondary N) is 1. The van der Waals surface area contributed by atoms with Crippen molar-refractivity contribution in [3.05, 3.63) is 28.7 Å². The standard InChI is InChI=1S/C16H19N5O5S/c1-24-15(22)12-10-11(18-23)5-6-13(12)27-16-17-19-20-21(16)7-9-26-14-4-2-3-8-25-14/h5-6,10,14H,2-4,7-9H2,1H3/p+1. The Morgan fingerprint density at radius 2 is 2.37 bits per heavy atom. The van der Waals surface area contributed by atoms with Crippen LogP contribution >= 0.6 is 11.8 Å². The van der Waals surface area contributed by atoms with Gasteiger partial charge in [-0.1, -0.05) is 5.21 Å². The molecule has 1 saturated heterocycles. The molecule has 1 atom stereocenters. The molecular formula is C16H20N5O5S+. The third-order valence-corrected chi connectivity index (χ3v) is 5.02. The molecule has 0 radical (unpaired) electrons. The van der Waals surface area contributed by atoms with Crippen LogP contribution in [-0.2, 0) is 20.8 Å². The van der Waals surface area contributed by atoms with Gasteiger partial charge in [0.1, 0.15) is 17.3 Å². The molecule has 3 rings (SSSR count). The second kappa shape index (κ2) is 9.53. The van der Waals surface area contributed by atoms with Crippen LogP contribution in [-0.4, -0.2) is 48.1 Å². The summed E-state index contributed by atoms with van der Waals surface area (Å²) < 4.78 is 17.7. The summed E-state index contributed by atoms with van der Waals surface area (Å²) >= 11 is 1.22. The summed E-state index contributed by atoms with van der Waals surface area (Å²) in [6.45, 7) is 1.66. The average Bonchev–Trinajstić information content (AvgIpc) is 3.15. The van der Waals surface area contributed by atoms with Gasteiger partial charge in [-0.25, -0.2) is 4.79 Å². The van der Waals surface area contributed by atoms with E-state index in [2.05, 4.69) is 20.7 Å². The van der Waals surface area contributed by atoms with Gasteiger partial charge in [-0.2, -0.15) is 4.68 Å². The second-order valence-electron chi connectivity index (χ2n) is 5.77. The first-order valence-electron chi connectivity index (χ1n) is 8.49. The largest absolute Gasteiger partial charge is 0.465 e. The Bertz CT molecular complexity index is 793. The number of ether oxygens (including phenoxy) is 3. The first-order chi connectivity index (χ1) is 13.2. The number of nitrogens with zero attached hydrogens (tertiary/aromatic N) is 4. The molecule has 1 unspecified atom stereocenters. The van der Waals surface area contributed by atoms with Gasteiger partial charge >= 0.3 is 11.1 Å². The normalized spacial score (nSPS) is 16.9. The zero-order valence-electron chi connectivity index (χ0n) is 14.8. The molecule has 2 heterocycles. The number of aromatic amines is 1. The predicted molar refractivity (Wildman–Crippen MR) is 93.5 cm³/mol. The lowest BCUT2D eigenvalue weighted by Gasteiger charge is -2.22. The number of tetrazole rings is 1. The molecule has 144 valence electrons. The molecular weight excluding hydrogens is 374 g/mol. The lowest BCUT2D eigenvalue weighted by molar-refractivity contribution is -0.789. The molecule has 0 saturated carbocycles. The molecule has 0 spiro atoms. The van der Waals surface area contributed by atoms with Crippen molar-refractivity contribution in [1.29, 1.82) is 0 Å². The van der Waals surface area contributed by atoms with E-state index >= 15 is 0 Å². The van der Waals surface area contributed by atoms with Gasteiger partial charge < -0.3 is 14.2 Å². The monoisotopic (exact) mass is 394 g/mol. The van der Waals surface area contributed by atoms with Crippen LogP contribution in [0.4, 0.5) is 5.69 Å². The third kappa shape index (κ3) is 5.08. The SMILES string of the molecule is COC(=O)c1cc(N=O)ccc1Sc1nn[nH][n+]1CCOC1CCCCO1. The summed E-state index contributed by atoms with van der Waals surface area (Å²) in [6, 6.07) is 4.53. The molecule has 1 N–H and O–H groups in total. The smallest absolute Gasteiger partial charge is 0.364 e. The van der Waals surface area contributed by atoms with Crippen LogP contribution in [0.5, 0.6) is 0 Å². The molecule has 0 bridgehead atoms. The van der Waals surface area contributed by atoms with E-state index in [1.54, 1.807) is 10.7 Å². The molecule has 1 aromatic carbocycles.